The van der Waals surface area contributed by atoms with E-state index in [9.17, 15) is 18.0 Å². The summed E-state index contributed by atoms with van der Waals surface area (Å²) in [4.78, 5) is 11.9. The normalized spacial score (nSPS) is 21.4. The van der Waals surface area contributed by atoms with Crippen LogP contribution in [0.5, 0.6) is 0 Å². The van der Waals surface area contributed by atoms with Crippen LogP contribution in [0.3, 0.4) is 0 Å². The molecule has 0 heterocycles. The van der Waals surface area contributed by atoms with Gasteiger partial charge in [0.05, 0.1) is 5.56 Å². The zero-order valence-electron chi connectivity index (χ0n) is 12.2. The molecule has 2 atom stereocenters. The van der Waals surface area contributed by atoms with Crippen LogP contribution < -0.4 is 5.32 Å². The second kappa shape index (κ2) is 6.08. The zero-order valence-corrected chi connectivity index (χ0v) is 12.2. The molecule has 2 rings (SSSR count). The highest BCUT2D eigenvalue weighted by molar-refractivity contribution is 5.82. The Morgan fingerprint density at radius 3 is 2.43 bits per heavy atom. The maximum atomic E-state index is 12.5. The summed E-state index contributed by atoms with van der Waals surface area (Å²) in [6.07, 6.45) is -2.65. The summed E-state index contributed by atoms with van der Waals surface area (Å²) in [5.41, 5.74) is 0.164. The van der Waals surface area contributed by atoms with Gasteiger partial charge in [-0.15, -0.1) is 0 Å². The van der Waals surface area contributed by atoms with Gasteiger partial charge in [-0.2, -0.15) is 13.2 Å². The predicted molar refractivity (Wildman–Crippen MR) is 74.8 cm³/mol. The molecule has 0 aliphatic heterocycles. The third-order valence-electron chi connectivity index (χ3n) is 3.81. The van der Waals surface area contributed by atoms with Gasteiger partial charge in [-0.1, -0.05) is 26.0 Å². The molecule has 1 fully saturated rings. The number of hydrogen-bond donors (Lipinski definition) is 1. The van der Waals surface area contributed by atoms with E-state index in [0.717, 1.165) is 30.5 Å². The van der Waals surface area contributed by atoms with Crippen molar-refractivity contribution in [2.24, 2.45) is 11.8 Å². The van der Waals surface area contributed by atoms with E-state index in [1.165, 1.54) is 12.1 Å². The van der Waals surface area contributed by atoms with Crippen LogP contribution in [0, 0.1) is 11.8 Å². The van der Waals surface area contributed by atoms with E-state index in [1.807, 2.05) is 0 Å². The van der Waals surface area contributed by atoms with Crippen LogP contribution in [0.1, 0.15) is 43.7 Å². The molecule has 0 radical (unpaired) electrons. The summed E-state index contributed by atoms with van der Waals surface area (Å²) in [6, 6.07) is 5.13. The molecule has 21 heavy (non-hydrogen) atoms. The number of amides is 1. The summed E-state index contributed by atoms with van der Waals surface area (Å²) in [5, 5.41) is 2.89. The molecule has 0 aromatic heterocycles. The maximum Gasteiger partial charge on any atom is 0.416 e. The van der Waals surface area contributed by atoms with Gasteiger partial charge >= 0.3 is 6.18 Å². The summed E-state index contributed by atoms with van der Waals surface area (Å²) >= 11 is 0. The lowest BCUT2D eigenvalue weighted by molar-refractivity contribution is -0.137. The van der Waals surface area contributed by atoms with Crippen LogP contribution in [-0.4, -0.2) is 12.5 Å². The van der Waals surface area contributed by atoms with Crippen molar-refractivity contribution >= 4 is 5.91 Å². The molecule has 1 aromatic carbocycles. The molecule has 2 unspecified atom stereocenters. The molecule has 0 spiro atoms. The topological polar surface area (TPSA) is 29.1 Å². The monoisotopic (exact) mass is 299 g/mol. The Kier molecular flexibility index (Phi) is 4.59. The fourth-order valence-corrected chi connectivity index (χ4v) is 2.39. The first kappa shape index (κ1) is 15.9. The maximum absolute atomic E-state index is 12.5. The number of carbonyl (C=O) groups excluding carboxylic acids is 1. The quantitative estimate of drug-likeness (QED) is 0.875. The second-order valence-corrected chi connectivity index (χ2v) is 6.04. The Labute approximate surface area is 122 Å². The number of halogens is 3. The fraction of sp³-hybridized carbons (Fsp3) is 0.562. The van der Waals surface area contributed by atoms with Crippen molar-refractivity contribution in [1.29, 1.82) is 0 Å². The van der Waals surface area contributed by atoms with Gasteiger partial charge in [0.15, 0.2) is 0 Å². The van der Waals surface area contributed by atoms with E-state index in [1.54, 1.807) is 0 Å². The third kappa shape index (κ3) is 4.22. The van der Waals surface area contributed by atoms with E-state index < -0.39 is 11.7 Å². The molecule has 2 nitrogen and oxygen atoms in total. The molecule has 5 heteroatoms. The first-order chi connectivity index (χ1) is 9.79. The predicted octanol–water partition coefficient (Wildman–Crippen LogP) is 3.97. The minimum Gasteiger partial charge on any atom is -0.356 e. The molecule has 0 saturated heterocycles. The molecule has 0 bridgehead atoms. The lowest BCUT2D eigenvalue weighted by atomic mass is 10.1. The van der Waals surface area contributed by atoms with Gasteiger partial charge in [0, 0.05) is 12.5 Å². The highest BCUT2D eigenvalue weighted by Crippen LogP contribution is 2.47. The molecular formula is C16H20F3NO. The first-order valence-electron chi connectivity index (χ1n) is 7.24. The Hall–Kier alpha value is -1.52. The third-order valence-corrected chi connectivity index (χ3v) is 3.81. The molecule has 1 saturated carbocycles. The van der Waals surface area contributed by atoms with Crippen LogP contribution >= 0.6 is 0 Å². The lowest BCUT2D eigenvalue weighted by Crippen LogP contribution is -2.27. The van der Waals surface area contributed by atoms with E-state index in [2.05, 4.69) is 19.2 Å². The van der Waals surface area contributed by atoms with Crippen molar-refractivity contribution in [2.75, 3.05) is 6.54 Å². The highest BCUT2D eigenvalue weighted by atomic mass is 19.4. The average Bonchev–Trinajstić information content (AvgIpc) is 3.17. The van der Waals surface area contributed by atoms with Crippen molar-refractivity contribution in [2.45, 2.75) is 38.8 Å². The number of rotatable bonds is 5. The van der Waals surface area contributed by atoms with Crippen molar-refractivity contribution in [3.05, 3.63) is 35.4 Å². The Balaban J connectivity index is 1.87. The summed E-state index contributed by atoms with van der Waals surface area (Å²) in [5.74, 6) is 0.524. The number of hydrogen-bond acceptors (Lipinski definition) is 1. The van der Waals surface area contributed by atoms with Gasteiger partial charge in [0.25, 0.3) is 0 Å². The second-order valence-electron chi connectivity index (χ2n) is 6.04. The lowest BCUT2D eigenvalue weighted by Gasteiger charge is -2.08. The van der Waals surface area contributed by atoms with Crippen molar-refractivity contribution in [3.8, 4) is 0 Å². The number of alkyl halides is 3. The summed E-state index contributed by atoms with van der Waals surface area (Å²) in [6.45, 7) is 4.84. The Morgan fingerprint density at radius 1 is 1.29 bits per heavy atom. The van der Waals surface area contributed by atoms with Gasteiger partial charge in [-0.25, -0.2) is 0 Å². The van der Waals surface area contributed by atoms with Crippen molar-refractivity contribution in [1.82, 2.24) is 5.32 Å². The number of carbonyl (C=O) groups is 1. The Morgan fingerprint density at radius 2 is 1.90 bits per heavy atom. The van der Waals surface area contributed by atoms with Gasteiger partial charge < -0.3 is 5.32 Å². The Bertz CT molecular complexity index is 493. The molecule has 1 aliphatic carbocycles. The molecule has 116 valence electrons. The number of benzene rings is 1. The van der Waals surface area contributed by atoms with E-state index in [4.69, 9.17) is 0 Å². The smallest absolute Gasteiger partial charge is 0.356 e. The summed E-state index contributed by atoms with van der Waals surface area (Å²) in [7, 11) is 0. The number of nitrogens with one attached hydrogen (secondary N) is 1. The van der Waals surface area contributed by atoms with Crippen LogP contribution in [0.15, 0.2) is 24.3 Å². The molecular weight excluding hydrogens is 279 g/mol. The minimum atomic E-state index is -4.31. The van der Waals surface area contributed by atoms with Gasteiger partial charge in [-0.3, -0.25) is 4.79 Å². The van der Waals surface area contributed by atoms with Crippen LogP contribution in [-0.2, 0) is 11.0 Å². The van der Waals surface area contributed by atoms with Gasteiger partial charge in [0.1, 0.15) is 0 Å². The van der Waals surface area contributed by atoms with Crippen LogP contribution in [0.25, 0.3) is 0 Å². The van der Waals surface area contributed by atoms with E-state index >= 15 is 0 Å². The summed E-state index contributed by atoms with van der Waals surface area (Å²) < 4.78 is 37.4. The van der Waals surface area contributed by atoms with Gasteiger partial charge in [0.2, 0.25) is 5.91 Å². The van der Waals surface area contributed by atoms with Gasteiger partial charge in [-0.05, 0) is 42.4 Å². The minimum absolute atomic E-state index is 0.0144. The first-order valence-corrected chi connectivity index (χ1v) is 7.24. The molecule has 1 amide bonds. The van der Waals surface area contributed by atoms with E-state index in [-0.39, 0.29) is 17.7 Å². The zero-order chi connectivity index (χ0) is 15.6. The van der Waals surface area contributed by atoms with Crippen LogP contribution in [0.4, 0.5) is 13.2 Å². The fourth-order valence-electron chi connectivity index (χ4n) is 2.39. The SMILES string of the molecule is CC(C)CCNC(=O)C1CC1c1ccc(C(F)(F)F)cc1. The molecule has 1 aliphatic rings. The van der Waals surface area contributed by atoms with E-state index in [0.29, 0.717) is 12.5 Å². The standard InChI is InChI=1S/C16H20F3NO/c1-10(2)7-8-20-15(21)14-9-13(14)11-3-5-12(6-4-11)16(17,18)19/h3-6,10,13-14H,7-9H2,1-2H3,(H,20,21). The highest BCUT2D eigenvalue weighted by Gasteiger charge is 2.44. The largest absolute Gasteiger partial charge is 0.416 e. The van der Waals surface area contributed by atoms with Crippen LogP contribution in [0.2, 0.25) is 0 Å². The van der Waals surface area contributed by atoms with Crippen molar-refractivity contribution < 1.29 is 18.0 Å². The van der Waals surface area contributed by atoms with Crippen molar-refractivity contribution in [3.63, 3.8) is 0 Å². The molecule has 1 N–H and O–H groups in total. The average molecular weight is 299 g/mol. The molecule has 1 aromatic rings.